The molecule has 0 aromatic heterocycles. The maximum atomic E-state index is 11.6. The zero-order valence-corrected chi connectivity index (χ0v) is 15.1. The number of ketones is 1. The Labute approximate surface area is 151 Å². The molecular weight excluding hydrogens is 312 g/mol. The Morgan fingerprint density at radius 1 is 0.760 bits per heavy atom. The smallest absolute Gasteiger partial charge is 0.303 e. The predicted octanol–water partition coefficient (Wildman–Crippen LogP) is 5.73. The molecule has 0 amide bonds. The van der Waals surface area contributed by atoms with E-state index in [9.17, 15) is 9.59 Å². The van der Waals surface area contributed by atoms with E-state index in [4.69, 9.17) is 5.11 Å². The van der Waals surface area contributed by atoms with E-state index in [1.54, 1.807) is 12.2 Å². The topological polar surface area (TPSA) is 54.4 Å². The molecule has 0 aromatic carbocycles. The molecule has 1 N–H and O–H groups in total. The van der Waals surface area contributed by atoms with Crippen LogP contribution in [0.25, 0.3) is 0 Å². The first-order valence-electron chi connectivity index (χ1n) is 8.84. The van der Waals surface area contributed by atoms with Gasteiger partial charge in [0.2, 0.25) is 0 Å². The van der Waals surface area contributed by atoms with E-state index in [0.29, 0.717) is 12.8 Å². The first-order valence-corrected chi connectivity index (χ1v) is 8.84. The van der Waals surface area contributed by atoms with Crippen molar-refractivity contribution in [1.29, 1.82) is 0 Å². The second-order valence-corrected chi connectivity index (χ2v) is 5.39. The van der Waals surface area contributed by atoms with E-state index in [-0.39, 0.29) is 12.2 Å². The SMILES string of the molecule is CC/C=C\C/C=C\C=C\C(=O)C/C=C\C/C=C\C/C=C\CCC(=O)O. The standard InChI is InChI=1S/C22H30O3/c1-2-3-4-5-9-12-15-18-21(23)19-16-13-10-7-6-8-11-14-17-20-22(24)25/h3-4,6-7,9,11-16,18H,2,5,8,10,17,19-20H2,1H3,(H,24,25)/b4-3-,7-6-,12-9-,14-11-,16-13-,18-15+. The number of rotatable bonds is 14. The van der Waals surface area contributed by atoms with Crippen molar-refractivity contribution < 1.29 is 14.7 Å². The Bertz CT molecular complexity index is 531. The molecule has 0 aliphatic heterocycles. The molecule has 0 saturated carbocycles. The lowest BCUT2D eigenvalue weighted by Gasteiger charge is -1.88. The van der Waals surface area contributed by atoms with Gasteiger partial charge in [0.25, 0.3) is 0 Å². The van der Waals surface area contributed by atoms with E-state index in [1.807, 2.05) is 48.6 Å². The number of hydrogen-bond donors (Lipinski definition) is 1. The highest BCUT2D eigenvalue weighted by molar-refractivity contribution is 5.90. The number of aliphatic carboxylic acids is 1. The Balaban J connectivity index is 3.72. The molecular formula is C22H30O3. The van der Waals surface area contributed by atoms with Gasteiger partial charge in [-0.05, 0) is 38.2 Å². The third kappa shape index (κ3) is 19.5. The Morgan fingerprint density at radius 3 is 2.04 bits per heavy atom. The third-order valence-electron chi connectivity index (χ3n) is 3.09. The van der Waals surface area contributed by atoms with Crippen LogP contribution in [0, 0.1) is 0 Å². The number of carbonyl (C=O) groups excluding carboxylic acids is 1. The highest BCUT2D eigenvalue weighted by Gasteiger charge is 1.91. The van der Waals surface area contributed by atoms with Crippen LogP contribution in [0.3, 0.4) is 0 Å². The number of hydrogen-bond acceptors (Lipinski definition) is 2. The summed E-state index contributed by atoms with van der Waals surface area (Å²) in [7, 11) is 0. The number of carboxylic acid groups (broad SMARTS) is 1. The fourth-order valence-corrected chi connectivity index (χ4v) is 1.80. The second kappa shape index (κ2) is 17.9. The fourth-order valence-electron chi connectivity index (χ4n) is 1.80. The van der Waals surface area contributed by atoms with Gasteiger partial charge in [0.05, 0.1) is 0 Å². The summed E-state index contributed by atoms with van der Waals surface area (Å²) in [6, 6.07) is 0. The Morgan fingerprint density at radius 2 is 1.36 bits per heavy atom. The number of carbonyl (C=O) groups is 2. The largest absolute Gasteiger partial charge is 0.481 e. The van der Waals surface area contributed by atoms with Crippen molar-refractivity contribution in [3.63, 3.8) is 0 Å². The van der Waals surface area contributed by atoms with Crippen LogP contribution in [0.1, 0.15) is 51.9 Å². The summed E-state index contributed by atoms with van der Waals surface area (Å²) in [5.41, 5.74) is 0. The van der Waals surface area contributed by atoms with E-state index in [1.165, 1.54) is 0 Å². The van der Waals surface area contributed by atoms with Gasteiger partial charge in [0.1, 0.15) is 0 Å². The Hall–Kier alpha value is -2.42. The van der Waals surface area contributed by atoms with Gasteiger partial charge < -0.3 is 5.11 Å². The lowest BCUT2D eigenvalue weighted by atomic mass is 10.2. The maximum absolute atomic E-state index is 11.6. The van der Waals surface area contributed by atoms with Crippen molar-refractivity contribution in [3.05, 3.63) is 72.9 Å². The minimum absolute atomic E-state index is 0.0929. The van der Waals surface area contributed by atoms with Crippen molar-refractivity contribution >= 4 is 11.8 Å². The predicted molar refractivity (Wildman–Crippen MR) is 105 cm³/mol. The van der Waals surface area contributed by atoms with Crippen LogP contribution < -0.4 is 0 Å². The molecule has 0 aromatic rings. The van der Waals surface area contributed by atoms with Gasteiger partial charge in [-0.15, -0.1) is 0 Å². The monoisotopic (exact) mass is 342 g/mol. The fraction of sp³-hybridized carbons (Fsp3) is 0.364. The van der Waals surface area contributed by atoms with Crippen molar-refractivity contribution in [2.75, 3.05) is 0 Å². The lowest BCUT2D eigenvalue weighted by Crippen LogP contribution is -1.91. The van der Waals surface area contributed by atoms with Gasteiger partial charge in [-0.3, -0.25) is 9.59 Å². The first kappa shape index (κ1) is 22.6. The van der Waals surface area contributed by atoms with E-state index in [0.717, 1.165) is 25.7 Å². The molecule has 0 radical (unpaired) electrons. The van der Waals surface area contributed by atoms with E-state index in [2.05, 4.69) is 19.1 Å². The van der Waals surface area contributed by atoms with Gasteiger partial charge >= 0.3 is 5.97 Å². The van der Waals surface area contributed by atoms with Crippen LogP contribution in [-0.4, -0.2) is 16.9 Å². The second-order valence-electron chi connectivity index (χ2n) is 5.39. The summed E-state index contributed by atoms with van der Waals surface area (Å²) in [6.07, 6.45) is 28.0. The molecule has 0 rings (SSSR count). The molecule has 0 heterocycles. The Kier molecular flexibility index (Phi) is 16.2. The van der Waals surface area contributed by atoms with E-state index >= 15 is 0 Å². The van der Waals surface area contributed by atoms with Gasteiger partial charge in [-0.25, -0.2) is 0 Å². The lowest BCUT2D eigenvalue weighted by molar-refractivity contribution is -0.136. The highest BCUT2D eigenvalue weighted by atomic mass is 16.4. The minimum Gasteiger partial charge on any atom is -0.481 e. The van der Waals surface area contributed by atoms with Crippen LogP contribution >= 0.6 is 0 Å². The molecule has 0 aliphatic carbocycles. The highest BCUT2D eigenvalue weighted by Crippen LogP contribution is 1.97. The van der Waals surface area contributed by atoms with Crippen LogP contribution in [0.15, 0.2) is 72.9 Å². The molecule has 0 atom stereocenters. The molecule has 0 aliphatic rings. The summed E-state index contributed by atoms with van der Waals surface area (Å²) in [5, 5.41) is 8.49. The molecule has 3 heteroatoms. The molecule has 0 saturated heterocycles. The molecule has 0 spiro atoms. The minimum atomic E-state index is -0.769. The van der Waals surface area contributed by atoms with Gasteiger partial charge in [-0.2, -0.15) is 0 Å². The summed E-state index contributed by atoms with van der Waals surface area (Å²) >= 11 is 0. The number of carboxylic acids is 1. The van der Waals surface area contributed by atoms with Crippen LogP contribution in [0.2, 0.25) is 0 Å². The van der Waals surface area contributed by atoms with E-state index < -0.39 is 5.97 Å². The van der Waals surface area contributed by atoms with Crippen LogP contribution in [0.5, 0.6) is 0 Å². The van der Waals surface area contributed by atoms with Crippen LogP contribution in [-0.2, 0) is 9.59 Å². The number of allylic oxidation sites excluding steroid dienone is 12. The molecule has 0 fully saturated rings. The zero-order valence-electron chi connectivity index (χ0n) is 15.1. The molecule has 25 heavy (non-hydrogen) atoms. The quantitative estimate of drug-likeness (QED) is 0.249. The van der Waals surface area contributed by atoms with Gasteiger partial charge in [-0.1, -0.05) is 73.8 Å². The zero-order chi connectivity index (χ0) is 18.6. The summed E-state index contributed by atoms with van der Waals surface area (Å²) in [6.45, 7) is 2.10. The average molecular weight is 342 g/mol. The summed E-state index contributed by atoms with van der Waals surface area (Å²) < 4.78 is 0. The van der Waals surface area contributed by atoms with Gasteiger partial charge in [0.15, 0.2) is 5.78 Å². The third-order valence-corrected chi connectivity index (χ3v) is 3.09. The molecule has 0 unspecified atom stereocenters. The molecule has 0 bridgehead atoms. The van der Waals surface area contributed by atoms with Crippen molar-refractivity contribution in [1.82, 2.24) is 0 Å². The summed E-state index contributed by atoms with van der Waals surface area (Å²) in [4.78, 5) is 21.9. The average Bonchev–Trinajstić information content (AvgIpc) is 2.58. The molecule has 3 nitrogen and oxygen atoms in total. The van der Waals surface area contributed by atoms with Crippen molar-refractivity contribution in [3.8, 4) is 0 Å². The van der Waals surface area contributed by atoms with Crippen LogP contribution in [0.4, 0.5) is 0 Å². The normalized spacial score (nSPS) is 12.8. The van der Waals surface area contributed by atoms with Crippen molar-refractivity contribution in [2.45, 2.75) is 51.9 Å². The molecule has 136 valence electrons. The van der Waals surface area contributed by atoms with Crippen molar-refractivity contribution in [2.24, 2.45) is 0 Å². The van der Waals surface area contributed by atoms with Gasteiger partial charge in [0, 0.05) is 12.8 Å². The summed E-state index contributed by atoms with van der Waals surface area (Å²) in [5.74, 6) is -0.676. The maximum Gasteiger partial charge on any atom is 0.303 e. The first-order chi connectivity index (χ1) is 12.2.